The average molecular weight is 180 g/mol. The van der Waals surface area contributed by atoms with Crippen LogP contribution in [0.2, 0.25) is 0 Å². The second-order valence-electron chi connectivity index (χ2n) is 2.50. The van der Waals surface area contributed by atoms with E-state index in [9.17, 15) is 0 Å². The molecule has 0 aliphatic heterocycles. The Morgan fingerprint density at radius 3 is 2.92 bits per heavy atom. The summed E-state index contributed by atoms with van der Waals surface area (Å²) in [5, 5.41) is 2.46. The van der Waals surface area contributed by atoms with Gasteiger partial charge < -0.3 is 10.2 Å². The van der Waals surface area contributed by atoms with Crippen molar-refractivity contribution in [3.63, 3.8) is 0 Å². The summed E-state index contributed by atoms with van der Waals surface area (Å²) in [4.78, 5) is 4.12. The van der Waals surface area contributed by atoms with Gasteiger partial charge in [-0.3, -0.25) is 0 Å². The second kappa shape index (κ2) is 2.64. The fourth-order valence-corrected chi connectivity index (χ4v) is 1.57. The van der Waals surface area contributed by atoms with Crippen LogP contribution in [0, 0.1) is 6.92 Å². The highest BCUT2D eigenvalue weighted by Crippen LogP contribution is 2.26. The smallest absolute Gasteiger partial charge is 0.180 e. The first-order valence-electron chi connectivity index (χ1n) is 3.53. The van der Waals surface area contributed by atoms with Gasteiger partial charge in [-0.1, -0.05) is 0 Å². The molecule has 3 nitrogen and oxygen atoms in total. The van der Waals surface area contributed by atoms with Crippen molar-refractivity contribution in [1.29, 1.82) is 0 Å². The van der Waals surface area contributed by atoms with Crippen LogP contribution in [0.1, 0.15) is 5.56 Å². The first-order chi connectivity index (χ1) is 5.77. The molecule has 2 rings (SSSR count). The number of nitrogen functional groups attached to an aromatic ring is 1. The van der Waals surface area contributed by atoms with E-state index in [1.54, 1.807) is 6.26 Å². The van der Waals surface area contributed by atoms with Gasteiger partial charge in [-0.25, -0.2) is 4.98 Å². The van der Waals surface area contributed by atoms with Crippen LogP contribution in [-0.4, -0.2) is 4.98 Å². The monoisotopic (exact) mass is 180 g/mol. The first-order valence-corrected chi connectivity index (χ1v) is 4.41. The van der Waals surface area contributed by atoms with Gasteiger partial charge in [-0.2, -0.15) is 0 Å². The fourth-order valence-electron chi connectivity index (χ4n) is 1.03. The maximum atomic E-state index is 5.50. The number of aromatic nitrogens is 1. The van der Waals surface area contributed by atoms with Crippen molar-refractivity contribution < 1.29 is 4.42 Å². The van der Waals surface area contributed by atoms with Crippen LogP contribution >= 0.6 is 11.3 Å². The first kappa shape index (κ1) is 7.36. The third kappa shape index (κ3) is 1.10. The fraction of sp³-hybridized carbons (Fsp3) is 0.125. The van der Waals surface area contributed by atoms with E-state index in [1.807, 2.05) is 18.4 Å². The topological polar surface area (TPSA) is 52.0 Å². The molecule has 0 unspecified atom stereocenters. The lowest BCUT2D eigenvalue weighted by Crippen LogP contribution is -1.82. The molecule has 0 saturated heterocycles. The summed E-state index contributed by atoms with van der Waals surface area (Å²) in [5.41, 5.74) is 7.40. The van der Waals surface area contributed by atoms with Gasteiger partial charge in [-0.15, -0.1) is 11.3 Å². The van der Waals surface area contributed by atoms with Crippen LogP contribution in [0.4, 0.5) is 5.13 Å². The van der Waals surface area contributed by atoms with E-state index >= 15 is 0 Å². The molecule has 0 spiro atoms. The summed E-state index contributed by atoms with van der Waals surface area (Å²) in [6.45, 7) is 1.98. The van der Waals surface area contributed by atoms with E-state index in [0.29, 0.717) is 5.13 Å². The quantitative estimate of drug-likeness (QED) is 0.732. The van der Waals surface area contributed by atoms with Crippen LogP contribution in [0.25, 0.3) is 11.5 Å². The molecule has 0 aromatic carbocycles. The predicted molar refractivity (Wildman–Crippen MR) is 49.0 cm³/mol. The summed E-state index contributed by atoms with van der Waals surface area (Å²) in [6, 6.07) is 1.91. The molecule has 2 N–H and O–H groups in total. The lowest BCUT2D eigenvalue weighted by Gasteiger charge is -1.90. The molecule has 0 aliphatic carbocycles. The Kier molecular flexibility index (Phi) is 1.62. The molecule has 0 bridgehead atoms. The summed E-state index contributed by atoms with van der Waals surface area (Å²) < 4.78 is 5.25. The zero-order valence-corrected chi connectivity index (χ0v) is 7.39. The minimum Gasteiger partial charge on any atom is -0.462 e. The molecule has 0 saturated carbocycles. The molecule has 0 atom stereocenters. The minimum absolute atomic E-state index is 0.570. The number of furan rings is 1. The van der Waals surface area contributed by atoms with E-state index in [-0.39, 0.29) is 0 Å². The Hall–Kier alpha value is -1.29. The van der Waals surface area contributed by atoms with E-state index in [0.717, 1.165) is 17.0 Å². The molecule has 62 valence electrons. The Balaban J connectivity index is 2.50. The van der Waals surface area contributed by atoms with Gasteiger partial charge in [0.1, 0.15) is 5.69 Å². The second-order valence-corrected chi connectivity index (χ2v) is 3.39. The third-order valence-corrected chi connectivity index (χ3v) is 2.29. The maximum absolute atomic E-state index is 5.50. The molecule has 12 heavy (non-hydrogen) atoms. The van der Waals surface area contributed by atoms with Crippen molar-refractivity contribution in [2.24, 2.45) is 0 Å². The third-order valence-electron chi connectivity index (χ3n) is 1.62. The lowest BCUT2D eigenvalue weighted by atomic mass is 10.2. The lowest BCUT2D eigenvalue weighted by molar-refractivity contribution is 0.579. The standard InChI is InChI=1S/C8H8N2OS/c1-5-2-3-11-7(5)6-4-12-8(9)10-6/h2-4H,1H3,(H2,9,10). The Morgan fingerprint density at radius 1 is 1.58 bits per heavy atom. The number of anilines is 1. The highest BCUT2D eigenvalue weighted by atomic mass is 32.1. The number of rotatable bonds is 1. The number of nitrogens with zero attached hydrogens (tertiary/aromatic N) is 1. The molecule has 2 aromatic rings. The summed E-state index contributed by atoms with van der Waals surface area (Å²) in [6.07, 6.45) is 1.65. The van der Waals surface area contributed by atoms with Gasteiger partial charge in [0.2, 0.25) is 0 Å². The molecule has 4 heteroatoms. The molecule has 0 fully saturated rings. The van der Waals surface area contributed by atoms with Crippen molar-refractivity contribution in [3.8, 4) is 11.5 Å². The highest BCUT2D eigenvalue weighted by molar-refractivity contribution is 7.13. The molecule has 2 aromatic heterocycles. The molecular formula is C8H8N2OS. The van der Waals surface area contributed by atoms with E-state index in [1.165, 1.54) is 11.3 Å². The Labute approximate surface area is 73.8 Å². The van der Waals surface area contributed by atoms with Crippen LogP contribution < -0.4 is 5.73 Å². The van der Waals surface area contributed by atoms with Crippen molar-refractivity contribution in [2.45, 2.75) is 6.92 Å². The van der Waals surface area contributed by atoms with Crippen molar-refractivity contribution in [1.82, 2.24) is 4.98 Å². The minimum atomic E-state index is 0.570. The molecular weight excluding hydrogens is 172 g/mol. The Bertz CT molecular complexity index is 391. The van der Waals surface area contributed by atoms with Gasteiger partial charge in [0.15, 0.2) is 10.9 Å². The largest absolute Gasteiger partial charge is 0.462 e. The molecule has 0 radical (unpaired) electrons. The van der Waals surface area contributed by atoms with Crippen LogP contribution in [-0.2, 0) is 0 Å². The normalized spacial score (nSPS) is 10.4. The zero-order chi connectivity index (χ0) is 8.55. The number of thiazole rings is 1. The van der Waals surface area contributed by atoms with Gasteiger partial charge in [0.05, 0.1) is 6.26 Å². The van der Waals surface area contributed by atoms with Crippen LogP contribution in [0.15, 0.2) is 22.1 Å². The summed E-state index contributed by atoms with van der Waals surface area (Å²) >= 11 is 1.42. The summed E-state index contributed by atoms with van der Waals surface area (Å²) in [5.74, 6) is 0.808. The zero-order valence-electron chi connectivity index (χ0n) is 6.57. The highest BCUT2D eigenvalue weighted by Gasteiger charge is 2.07. The van der Waals surface area contributed by atoms with E-state index in [4.69, 9.17) is 10.2 Å². The predicted octanol–water partition coefficient (Wildman–Crippen LogP) is 2.29. The van der Waals surface area contributed by atoms with Gasteiger partial charge in [0, 0.05) is 5.38 Å². The Morgan fingerprint density at radius 2 is 2.42 bits per heavy atom. The van der Waals surface area contributed by atoms with Crippen LogP contribution in [0.5, 0.6) is 0 Å². The molecule has 0 aliphatic rings. The number of aryl methyl sites for hydroxylation is 1. The van der Waals surface area contributed by atoms with Gasteiger partial charge in [-0.05, 0) is 18.6 Å². The van der Waals surface area contributed by atoms with Crippen molar-refractivity contribution >= 4 is 16.5 Å². The SMILES string of the molecule is Cc1ccoc1-c1csc(N)n1. The van der Waals surface area contributed by atoms with Crippen molar-refractivity contribution in [2.75, 3.05) is 5.73 Å². The van der Waals surface area contributed by atoms with Gasteiger partial charge >= 0.3 is 0 Å². The number of nitrogens with two attached hydrogens (primary N) is 1. The van der Waals surface area contributed by atoms with E-state index in [2.05, 4.69) is 4.98 Å². The van der Waals surface area contributed by atoms with Crippen molar-refractivity contribution in [3.05, 3.63) is 23.3 Å². The molecule has 2 heterocycles. The average Bonchev–Trinajstić information content (AvgIpc) is 2.58. The number of hydrogen-bond acceptors (Lipinski definition) is 4. The van der Waals surface area contributed by atoms with Crippen LogP contribution in [0.3, 0.4) is 0 Å². The van der Waals surface area contributed by atoms with E-state index < -0.39 is 0 Å². The maximum Gasteiger partial charge on any atom is 0.180 e. The molecule has 0 amide bonds. The number of hydrogen-bond donors (Lipinski definition) is 1. The summed E-state index contributed by atoms with van der Waals surface area (Å²) in [7, 11) is 0. The van der Waals surface area contributed by atoms with Gasteiger partial charge in [0.25, 0.3) is 0 Å².